The standard InChI is InChI=1S/C22H24FN5O3/c1-4-16-11-18(31-26-16)21(29)28-9-10-30-19(13-28)20-17(12-24-22(25-20)27(2)3)14-5-7-15(23)8-6-14/h5-8,11-12,19H,4,9-10,13H2,1-3H3/t19-/m0/s1. The van der Waals surface area contributed by atoms with Crippen molar-refractivity contribution < 1.29 is 18.4 Å². The number of ether oxygens (including phenoxy) is 1. The molecule has 0 spiro atoms. The SMILES string of the molecule is CCc1cc(C(=O)N2CCO[C@H](c3nc(N(C)C)ncc3-c3ccc(F)cc3)C2)on1. The molecule has 1 aliphatic rings. The molecule has 2 aromatic heterocycles. The molecule has 0 aliphatic carbocycles. The second kappa shape index (κ2) is 8.81. The number of hydrogen-bond acceptors (Lipinski definition) is 7. The van der Waals surface area contributed by atoms with E-state index in [0.29, 0.717) is 37.8 Å². The van der Waals surface area contributed by atoms with E-state index in [-0.39, 0.29) is 17.5 Å². The lowest BCUT2D eigenvalue weighted by Gasteiger charge is -2.33. The Labute approximate surface area is 179 Å². The zero-order valence-electron chi connectivity index (χ0n) is 17.7. The second-order valence-corrected chi connectivity index (χ2v) is 7.52. The van der Waals surface area contributed by atoms with Crippen molar-refractivity contribution in [3.63, 3.8) is 0 Å². The molecule has 0 N–H and O–H groups in total. The molecule has 3 aromatic rings. The zero-order valence-corrected chi connectivity index (χ0v) is 17.7. The Morgan fingerprint density at radius 1 is 1.29 bits per heavy atom. The maximum atomic E-state index is 13.4. The van der Waals surface area contributed by atoms with Gasteiger partial charge in [0.1, 0.15) is 11.9 Å². The fourth-order valence-corrected chi connectivity index (χ4v) is 3.43. The number of aromatic nitrogens is 3. The third-order valence-electron chi connectivity index (χ3n) is 5.15. The number of aryl methyl sites for hydroxylation is 1. The van der Waals surface area contributed by atoms with Crippen LogP contribution in [0.2, 0.25) is 0 Å². The second-order valence-electron chi connectivity index (χ2n) is 7.52. The van der Waals surface area contributed by atoms with Crippen LogP contribution in [0.15, 0.2) is 41.1 Å². The molecule has 31 heavy (non-hydrogen) atoms. The van der Waals surface area contributed by atoms with Crippen molar-refractivity contribution >= 4 is 11.9 Å². The molecule has 1 atom stereocenters. The molecule has 9 heteroatoms. The fraction of sp³-hybridized carbons (Fsp3) is 0.364. The summed E-state index contributed by atoms with van der Waals surface area (Å²) < 4.78 is 24.7. The third kappa shape index (κ3) is 4.41. The van der Waals surface area contributed by atoms with Crippen LogP contribution in [0.3, 0.4) is 0 Å². The van der Waals surface area contributed by atoms with Crippen LogP contribution >= 0.6 is 0 Å². The van der Waals surface area contributed by atoms with E-state index in [1.54, 1.807) is 34.2 Å². The molecular formula is C22H24FN5O3. The smallest absolute Gasteiger partial charge is 0.292 e. The van der Waals surface area contributed by atoms with Crippen LogP contribution < -0.4 is 4.90 Å². The highest BCUT2D eigenvalue weighted by Gasteiger charge is 2.31. The summed E-state index contributed by atoms with van der Waals surface area (Å²) in [6.07, 6.45) is 1.93. The van der Waals surface area contributed by atoms with Gasteiger partial charge in [-0.2, -0.15) is 0 Å². The van der Waals surface area contributed by atoms with Gasteiger partial charge < -0.3 is 19.1 Å². The number of carbonyl (C=O) groups is 1. The average Bonchev–Trinajstić information content (AvgIpc) is 3.28. The van der Waals surface area contributed by atoms with Crippen LogP contribution in [-0.2, 0) is 11.2 Å². The molecule has 1 amide bonds. The van der Waals surface area contributed by atoms with Crippen molar-refractivity contribution in [1.29, 1.82) is 0 Å². The quantitative estimate of drug-likeness (QED) is 0.621. The van der Waals surface area contributed by atoms with Crippen LogP contribution in [0, 0.1) is 5.82 Å². The minimum absolute atomic E-state index is 0.216. The normalized spacial score (nSPS) is 16.4. The minimum Gasteiger partial charge on any atom is -0.368 e. The van der Waals surface area contributed by atoms with Gasteiger partial charge in [0.25, 0.3) is 5.91 Å². The topological polar surface area (TPSA) is 84.6 Å². The average molecular weight is 425 g/mol. The lowest BCUT2D eigenvalue weighted by molar-refractivity contribution is -0.0256. The highest BCUT2D eigenvalue weighted by atomic mass is 19.1. The summed E-state index contributed by atoms with van der Waals surface area (Å²) in [6.45, 7) is 3.05. The fourth-order valence-electron chi connectivity index (χ4n) is 3.43. The van der Waals surface area contributed by atoms with Crippen LogP contribution in [0.1, 0.15) is 35.0 Å². The molecule has 4 rings (SSSR count). The van der Waals surface area contributed by atoms with E-state index in [9.17, 15) is 9.18 Å². The van der Waals surface area contributed by atoms with Crippen LogP contribution in [0.4, 0.5) is 10.3 Å². The Balaban J connectivity index is 1.66. The summed E-state index contributed by atoms with van der Waals surface area (Å²) in [5, 5.41) is 3.91. The summed E-state index contributed by atoms with van der Waals surface area (Å²) in [5.41, 5.74) is 2.89. The number of halogens is 1. The van der Waals surface area contributed by atoms with Gasteiger partial charge in [-0.05, 0) is 24.1 Å². The predicted octanol–water partition coefficient (Wildman–Crippen LogP) is 3.11. The number of carbonyl (C=O) groups excluding carboxylic acids is 1. The molecule has 0 radical (unpaired) electrons. The van der Waals surface area contributed by atoms with Gasteiger partial charge in [0.2, 0.25) is 11.7 Å². The van der Waals surface area contributed by atoms with E-state index in [2.05, 4.69) is 10.1 Å². The van der Waals surface area contributed by atoms with Gasteiger partial charge in [-0.15, -0.1) is 0 Å². The Morgan fingerprint density at radius 2 is 2.06 bits per heavy atom. The summed E-state index contributed by atoms with van der Waals surface area (Å²) in [4.78, 5) is 25.5. The highest BCUT2D eigenvalue weighted by Crippen LogP contribution is 2.32. The van der Waals surface area contributed by atoms with Gasteiger partial charge in [0.15, 0.2) is 0 Å². The Bertz CT molecular complexity index is 1070. The summed E-state index contributed by atoms with van der Waals surface area (Å²) in [5.74, 6) is 0.190. The first-order valence-corrected chi connectivity index (χ1v) is 10.1. The number of rotatable bonds is 5. The summed E-state index contributed by atoms with van der Waals surface area (Å²) in [7, 11) is 3.70. The molecule has 1 aliphatic heterocycles. The molecule has 162 valence electrons. The first-order valence-electron chi connectivity index (χ1n) is 10.1. The number of benzene rings is 1. The van der Waals surface area contributed by atoms with Gasteiger partial charge >= 0.3 is 0 Å². The number of nitrogens with zero attached hydrogens (tertiary/aromatic N) is 5. The molecule has 0 bridgehead atoms. The molecule has 1 saturated heterocycles. The molecule has 1 aromatic carbocycles. The van der Waals surface area contributed by atoms with Crippen molar-refractivity contribution in [2.45, 2.75) is 19.4 Å². The van der Waals surface area contributed by atoms with Crippen LogP contribution in [0.5, 0.6) is 0 Å². The van der Waals surface area contributed by atoms with E-state index in [4.69, 9.17) is 14.2 Å². The predicted molar refractivity (Wildman–Crippen MR) is 112 cm³/mol. The Kier molecular flexibility index (Phi) is 5.94. The molecule has 3 heterocycles. The lowest BCUT2D eigenvalue weighted by Crippen LogP contribution is -2.42. The number of hydrogen-bond donors (Lipinski definition) is 0. The lowest BCUT2D eigenvalue weighted by atomic mass is 10.0. The molecule has 8 nitrogen and oxygen atoms in total. The van der Waals surface area contributed by atoms with Gasteiger partial charge in [-0.3, -0.25) is 4.79 Å². The summed E-state index contributed by atoms with van der Waals surface area (Å²) >= 11 is 0. The number of amides is 1. The highest BCUT2D eigenvalue weighted by molar-refractivity contribution is 5.91. The Hall–Kier alpha value is -3.33. The monoisotopic (exact) mass is 425 g/mol. The maximum Gasteiger partial charge on any atom is 0.292 e. The molecule has 0 saturated carbocycles. The number of anilines is 1. The minimum atomic E-state index is -0.465. The van der Waals surface area contributed by atoms with Gasteiger partial charge in [0.05, 0.1) is 24.5 Å². The van der Waals surface area contributed by atoms with Gasteiger partial charge in [-0.25, -0.2) is 14.4 Å². The third-order valence-corrected chi connectivity index (χ3v) is 5.15. The van der Waals surface area contributed by atoms with Crippen molar-refractivity contribution in [2.75, 3.05) is 38.7 Å². The molecule has 1 fully saturated rings. The van der Waals surface area contributed by atoms with Crippen molar-refractivity contribution in [2.24, 2.45) is 0 Å². The van der Waals surface area contributed by atoms with E-state index >= 15 is 0 Å². The van der Waals surface area contributed by atoms with Crippen molar-refractivity contribution in [3.05, 3.63) is 59.5 Å². The molecule has 0 unspecified atom stereocenters. The van der Waals surface area contributed by atoms with Crippen molar-refractivity contribution in [1.82, 2.24) is 20.0 Å². The first kappa shape index (κ1) is 20.9. The maximum absolute atomic E-state index is 13.4. The largest absolute Gasteiger partial charge is 0.368 e. The van der Waals surface area contributed by atoms with Crippen LogP contribution in [-0.4, -0.2) is 59.7 Å². The van der Waals surface area contributed by atoms with E-state index < -0.39 is 6.10 Å². The van der Waals surface area contributed by atoms with Gasteiger partial charge in [-0.1, -0.05) is 24.2 Å². The zero-order chi connectivity index (χ0) is 22.0. The number of morpholine rings is 1. The van der Waals surface area contributed by atoms with E-state index in [1.807, 2.05) is 21.0 Å². The van der Waals surface area contributed by atoms with Crippen LogP contribution in [0.25, 0.3) is 11.1 Å². The van der Waals surface area contributed by atoms with Crippen molar-refractivity contribution in [3.8, 4) is 11.1 Å². The van der Waals surface area contributed by atoms with E-state index in [1.165, 1.54) is 12.1 Å². The summed E-state index contributed by atoms with van der Waals surface area (Å²) in [6, 6.07) is 7.82. The Morgan fingerprint density at radius 3 is 2.74 bits per heavy atom. The first-order chi connectivity index (χ1) is 15.0. The van der Waals surface area contributed by atoms with E-state index in [0.717, 1.165) is 16.8 Å². The van der Waals surface area contributed by atoms with Gasteiger partial charge in [0, 0.05) is 38.5 Å². The molecular weight excluding hydrogens is 401 g/mol.